The molecule has 0 aliphatic carbocycles. The predicted octanol–water partition coefficient (Wildman–Crippen LogP) is 6.55. The van der Waals surface area contributed by atoms with Crippen molar-refractivity contribution in [1.82, 2.24) is 0 Å². The summed E-state index contributed by atoms with van der Waals surface area (Å²) in [4.78, 5) is 12.4. The van der Waals surface area contributed by atoms with E-state index < -0.39 is 0 Å². The van der Waals surface area contributed by atoms with Gasteiger partial charge in [0, 0.05) is 5.56 Å². The Labute approximate surface area is 171 Å². The van der Waals surface area contributed by atoms with Gasteiger partial charge in [0.25, 0.3) is 0 Å². The number of carbonyl (C=O) groups excluding carboxylic acids is 1. The Hall–Kier alpha value is -1.71. The van der Waals surface area contributed by atoms with Crippen molar-refractivity contribution < 1.29 is 4.79 Å². The molecule has 1 nitrogen and oxygen atoms in total. The van der Waals surface area contributed by atoms with Crippen molar-refractivity contribution >= 4 is 37.6 Å². The van der Waals surface area contributed by atoms with E-state index in [1.807, 2.05) is 48.5 Å². The van der Waals surface area contributed by atoms with Gasteiger partial charge in [0.15, 0.2) is 5.78 Å². The molecule has 0 N–H and O–H groups in total. The van der Waals surface area contributed by atoms with Gasteiger partial charge in [0.1, 0.15) is 0 Å². The van der Waals surface area contributed by atoms with Crippen molar-refractivity contribution in [3.05, 3.63) is 107 Å². The van der Waals surface area contributed by atoms with Crippen LogP contribution in [0.25, 0.3) is 0 Å². The Morgan fingerprint density at radius 2 is 1.19 bits per heavy atom. The Kier molecular flexibility index (Phi) is 6.81. The lowest BCUT2D eigenvalue weighted by molar-refractivity contribution is 0.0991. The number of aryl methyl sites for hydroxylation is 2. The summed E-state index contributed by atoms with van der Waals surface area (Å²) in [7, 11) is 0. The number of alkyl halides is 2. The van der Waals surface area contributed by atoms with Crippen LogP contribution in [0.2, 0.25) is 0 Å². The molecule has 3 heteroatoms. The Morgan fingerprint density at radius 1 is 0.692 bits per heavy atom. The number of benzene rings is 3. The van der Waals surface area contributed by atoms with E-state index >= 15 is 0 Å². The van der Waals surface area contributed by atoms with Gasteiger partial charge in [-0.25, -0.2) is 0 Å². The van der Waals surface area contributed by atoms with Gasteiger partial charge in [-0.1, -0.05) is 117 Å². The minimum absolute atomic E-state index is 0.0612. The molecule has 0 aliphatic rings. The van der Waals surface area contributed by atoms with Gasteiger partial charge in [0.2, 0.25) is 0 Å². The van der Waals surface area contributed by atoms with E-state index in [9.17, 15) is 4.79 Å². The molecule has 0 fully saturated rings. The number of hydrogen-bond acceptors (Lipinski definition) is 1. The summed E-state index contributed by atoms with van der Waals surface area (Å²) >= 11 is 7.21. The number of halogens is 2. The summed E-state index contributed by atoms with van der Waals surface area (Å²) in [5.74, 6) is 0.0883. The number of rotatable bonds is 7. The molecule has 132 valence electrons. The molecular formula is C23H20Br2O. The molecule has 0 bridgehead atoms. The third-order valence-electron chi connectivity index (χ3n) is 4.41. The SMILES string of the molecule is O=C(c1ccc(CCc2ccccc2)cc1)C(Br)C(Br)c1ccccc1. The lowest BCUT2D eigenvalue weighted by Crippen LogP contribution is -2.19. The van der Waals surface area contributed by atoms with Gasteiger partial charge < -0.3 is 0 Å². The van der Waals surface area contributed by atoms with Crippen LogP contribution in [0.5, 0.6) is 0 Å². The van der Waals surface area contributed by atoms with Crippen molar-refractivity contribution in [2.45, 2.75) is 22.5 Å². The maximum atomic E-state index is 12.8. The molecule has 3 aromatic carbocycles. The monoisotopic (exact) mass is 470 g/mol. The van der Waals surface area contributed by atoms with Crippen LogP contribution in [0, 0.1) is 0 Å². The minimum Gasteiger partial charge on any atom is -0.293 e. The van der Waals surface area contributed by atoms with Gasteiger partial charge in [-0.3, -0.25) is 4.79 Å². The van der Waals surface area contributed by atoms with E-state index in [1.54, 1.807) is 0 Å². The topological polar surface area (TPSA) is 17.1 Å². The third kappa shape index (κ3) is 4.93. The standard InChI is InChI=1S/C23H20Br2O/c24-21(19-9-5-2-6-10-19)22(25)23(26)20-15-13-18(14-16-20)12-11-17-7-3-1-4-8-17/h1-10,13-16,21-22H,11-12H2. The zero-order valence-electron chi connectivity index (χ0n) is 14.3. The van der Waals surface area contributed by atoms with Crippen LogP contribution in [0.15, 0.2) is 84.9 Å². The summed E-state index contributed by atoms with van der Waals surface area (Å²) in [6.45, 7) is 0. The van der Waals surface area contributed by atoms with E-state index in [2.05, 4.69) is 68.3 Å². The smallest absolute Gasteiger partial charge is 0.177 e. The number of carbonyl (C=O) groups is 1. The van der Waals surface area contributed by atoms with E-state index in [-0.39, 0.29) is 15.4 Å². The fourth-order valence-electron chi connectivity index (χ4n) is 2.87. The molecule has 0 aromatic heterocycles. The predicted molar refractivity (Wildman–Crippen MR) is 115 cm³/mol. The lowest BCUT2D eigenvalue weighted by Gasteiger charge is -2.16. The fourth-order valence-corrected chi connectivity index (χ4v) is 3.98. The van der Waals surface area contributed by atoms with Crippen LogP contribution in [0.3, 0.4) is 0 Å². The van der Waals surface area contributed by atoms with E-state index in [0.717, 1.165) is 24.0 Å². The molecule has 0 saturated heterocycles. The zero-order valence-corrected chi connectivity index (χ0v) is 17.5. The average molecular weight is 472 g/mol. The highest BCUT2D eigenvalue weighted by atomic mass is 79.9. The van der Waals surface area contributed by atoms with Crippen LogP contribution in [-0.4, -0.2) is 10.6 Å². The third-order valence-corrected chi connectivity index (χ3v) is 7.12. The van der Waals surface area contributed by atoms with Crippen molar-refractivity contribution in [2.24, 2.45) is 0 Å². The Bertz CT molecular complexity index is 829. The summed E-state index contributed by atoms with van der Waals surface area (Å²) in [5, 5.41) is 0. The van der Waals surface area contributed by atoms with Crippen LogP contribution in [0.4, 0.5) is 0 Å². The van der Waals surface area contributed by atoms with Crippen molar-refractivity contribution in [1.29, 1.82) is 0 Å². The molecule has 2 unspecified atom stereocenters. The van der Waals surface area contributed by atoms with Crippen LogP contribution >= 0.6 is 31.9 Å². The van der Waals surface area contributed by atoms with Crippen molar-refractivity contribution in [3.63, 3.8) is 0 Å². The molecule has 0 saturated carbocycles. The average Bonchev–Trinajstić information content (AvgIpc) is 2.72. The molecule has 0 spiro atoms. The first-order valence-corrected chi connectivity index (χ1v) is 10.5. The molecular weight excluding hydrogens is 452 g/mol. The molecule has 0 radical (unpaired) electrons. The second kappa shape index (κ2) is 9.29. The second-order valence-corrected chi connectivity index (χ2v) is 8.23. The first-order valence-electron chi connectivity index (χ1n) is 8.65. The molecule has 0 amide bonds. The van der Waals surface area contributed by atoms with Gasteiger partial charge in [-0.05, 0) is 29.5 Å². The fraction of sp³-hybridized carbons (Fsp3) is 0.174. The summed E-state index contributed by atoms with van der Waals surface area (Å²) in [5.41, 5.74) is 4.39. The molecule has 0 aliphatic heterocycles. The molecule has 2 atom stereocenters. The first kappa shape index (κ1) is 19.1. The number of ketones is 1. The summed E-state index contributed by atoms with van der Waals surface area (Å²) in [6.07, 6.45) is 1.98. The largest absolute Gasteiger partial charge is 0.293 e. The highest BCUT2D eigenvalue weighted by Gasteiger charge is 2.25. The van der Waals surface area contributed by atoms with E-state index in [0.29, 0.717) is 0 Å². The number of Topliss-reactive ketones (excluding diaryl/α,β-unsaturated/α-hetero) is 1. The maximum Gasteiger partial charge on any atom is 0.177 e. The van der Waals surface area contributed by atoms with Gasteiger partial charge in [-0.2, -0.15) is 0 Å². The van der Waals surface area contributed by atoms with Crippen LogP contribution in [-0.2, 0) is 12.8 Å². The summed E-state index contributed by atoms with van der Waals surface area (Å²) in [6, 6.07) is 28.4. The van der Waals surface area contributed by atoms with Gasteiger partial charge >= 0.3 is 0 Å². The second-order valence-electron chi connectivity index (χ2n) is 6.26. The first-order chi connectivity index (χ1) is 12.6. The van der Waals surface area contributed by atoms with Crippen molar-refractivity contribution in [2.75, 3.05) is 0 Å². The maximum absolute atomic E-state index is 12.8. The Morgan fingerprint density at radius 3 is 1.77 bits per heavy atom. The van der Waals surface area contributed by atoms with Crippen LogP contribution < -0.4 is 0 Å². The lowest BCUT2D eigenvalue weighted by atomic mass is 9.99. The highest BCUT2D eigenvalue weighted by molar-refractivity contribution is 9.12. The Balaban J connectivity index is 1.63. The van der Waals surface area contributed by atoms with Gasteiger partial charge in [0.05, 0.1) is 9.65 Å². The number of hydrogen-bond donors (Lipinski definition) is 0. The zero-order chi connectivity index (χ0) is 18.4. The molecule has 3 aromatic rings. The quantitative estimate of drug-likeness (QED) is 0.282. The van der Waals surface area contributed by atoms with E-state index in [4.69, 9.17) is 0 Å². The van der Waals surface area contributed by atoms with Crippen LogP contribution in [0.1, 0.15) is 31.9 Å². The normalized spacial score (nSPS) is 13.2. The summed E-state index contributed by atoms with van der Waals surface area (Å²) < 4.78 is 0. The van der Waals surface area contributed by atoms with E-state index in [1.165, 1.54) is 11.1 Å². The molecule has 3 rings (SSSR count). The minimum atomic E-state index is -0.305. The van der Waals surface area contributed by atoms with Gasteiger partial charge in [-0.15, -0.1) is 0 Å². The van der Waals surface area contributed by atoms with Crippen molar-refractivity contribution in [3.8, 4) is 0 Å². The molecule has 0 heterocycles. The highest BCUT2D eigenvalue weighted by Crippen LogP contribution is 2.33. The molecule has 26 heavy (non-hydrogen) atoms.